The SMILES string of the molecule is CCc1onc(C)c1C(=O)NCc1ccccc1. The van der Waals surface area contributed by atoms with E-state index in [-0.39, 0.29) is 5.91 Å². The molecule has 0 atom stereocenters. The van der Waals surface area contributed by atoms with Gasteiger partial charge in [0.25, 0.3) is 5.91 Å². The van der Waals surface area contributed by atoms with Crippen LogP contribution in [0.1, 0.15) is 34.3 Å². The lowest BCUT2D eigenvalue weighted by Crippen LogP contribution is -2.24. The molecule has 0 aliphatic carbocycles. The van der Waals surface area contributed by atoms with E-state index in [2.05, 4.69) is 10.5 Å². The van der Waals surface area contributed by atoms with Crippen molar-refractivity contribution in [3.05, 3.63) is 52.9 Å². The molecule has 0 saturated heterocycles. The van der Waals surface area contributed by atoms with Gasteiger partial charge in [-0.2, -0.15) is 0 Å². The third-order valence-corrected chi connectivity index (χ3v) is 2.78. The average molecular weight is 244 g/mol. The second-order valence-electron chi connectivity index (χ2n) is 4.09. The van der Waals surface area contributed by atoms with Crippen LogP contribution in [-0.2, 0) is 13.0 Å². The van der Waals surface area contributed by atoms with Crippen molar-refractivity contribution in [2.75, 3.05) is 0 Å². The third-order valence-electron chi connectivity index (χ3n) is 2.78. The van der Waals surface area contributed by atoms with E-state index in [9.17, 15) is 4.79 Å². The van der Waals surface area contributed by atoms with Crippen LogP contribution in [0.25, 0.3) is 0 Å². The van der Waals surface area contributed by atoms with Crippen LogP contribution in [0, 0.1) is 6.92 Å². The molecular weight excluding hydrogens is 228 g/mol. The van der Waals surface area contributed by atoms with Crippen LogP contribution in [0.4, 0.5) is 0 Å². The fourth-order valence-electron chi connectivity index (χ4n) is 1.82. The summed E-state index contributed by atoms with van der Waals surface area (Å²) in [4.78, 5) is 12.1. The molecule has 2 rings (SSSR count). The summed E-state index contributed by atoms with van der Waals surface area (Å²) in [6.45, 7) is 4.22. The molecule has 0 bridgehead atoms. The van der Waals surface area contributed by atoms with Gasteiger partial charge in [-0.25, -0.2) is 0 Å². The summed E-state index contributed by atoms with van der Waals surface area (Å²) in [7, 11) is 0. The molecule has 1 N–H and O–H groups in total. The van der Waals surface area contributed by atoms with Gasteiger partial charge >= 0.3 is 0 Å². The molecule has 0 radical (unpaired) electrons. The lowest BCUT2D eigenvalue weighted by atomic mass is 10.1. The molecule has 0 spiro atoms. The van der Waals surface area contributed by atoms with E-state index in [0.29, 0.717) is 30.0 Å². The van der Waals surface area contributed by atoms with Gasteiger partial charge in [0, 0.05) is 13.0 Å². The zero-order valence-electron chi connectivity index (χ0n) is 10.6. The third kappa shape index (κ3) is 2.59. The van der Waals surface area contributed by atoms with Crippen LogP contribution >= 0.6 is 0 Å². The van der Waals surface area contributed by atoms with Crippen molar-refractivity contribution < 1.29 is 9.32 Å². The first-order valence-electron chi connectivity index (χ1n) is 5.99. The van der Waals surface area contributed by atoms with Crippen molar-refractivity contribution in [1.29, 1.82) is 0 Å². The minimum Gasteiger partial charge on any atom is -0.360 e. The Bertz CT molecular complexity index is 532. The number of carbonyl (C=O) groups is 1. The Hall–Kier alpha value is -2.10. The molecule has 1 aromatic carbocycles. The number of aromatic nitrogens is 1. The highest BCUT2D eigenvalue weighted by atomic mass is 16.5. The second-order valence-corrected chi connectivity index (χ2v) is 4.09. The molecule has 0 saturated carbocycles. The van der Waals surface area contributed by atoms with Gasteiger partial charge in [-0.05, 0) is 12.5 Å². The number of nitrogens with one attached hydrogen (secondary N) is 1. The predicted molar refractivity (Wildman–Crippen MR) is 68.2 cm³/mol. The first kappa shape index (κ1) is 12.4. The molecule has 1 aromatic heterocycles. The Morgan fingerprint density at radius 2 is 2.06 bits per heavy atom. The van der Waals surface area contributed by atoms with E-state index in [4.69, 9.17) is 4.52 Å². The normalized spacial score (nSPS) is 10.3. The maximum Gasteiger partial charge on any atom is 0.257 e. The van der Waals surface area contributed by atoms with Crippen LogP contribution in [0.15, 0.2) is 34.9 Å². The first-order valence-corrected chi connectivity index (χ1v) is 5.99. The number of rotatable bonds is 4. The van der Waals surface area contributed by atoms with Gasteiger partial charge in [-0.1, -0.05) is 42.4 Å². The average Bonchev–Trinajstić information content (AvgIpc) is 2.78. The van der Waals surface area contributed by atoms with Crippen molar-refractivity contribution in [2.24, 2.45) is 0 Å². The fourth-order valence-corrected chi connectivity index (χ4v) is 1.82. The molecule has 0 aliphatic heterocycles. The largest absolute Gasteiger partial charge is 0.360 e. The Morgan fingerprint density at radius 3 is 2.72 bits per heavy atom. The lowest BCUT2D eigenvalue weighted by molar-refractivity contribution is 0.0948. The molecular formula is C14H16N2O2. The first-order chi connectivity index (χ1) is 8.72. The summed E-state index contributed by atoms with van der Waals surface area (Å²) in [5.41, 5.74) is 2.27. The molecule has 1 heterocycles. The molecule has 18 heavy (non-hydrogen) atoms. The van der Waals surface area contributed by atoms with Gasteiger partial charge in [-0.3, -0.25) is 4.79 Å². The minimum atomic E-state index is -0.130. The van der Waals surface area contributed by atoms with Crippen LogP contribution in [0.2, 0.25) is 0 Å². The molecule has 0 fully saturated rings. The van der Waals surface area contributed by atoms with Gasteiger partial charge < -0.3 is 9.84 Å². The van der Waals surface area contributed by atoms with E-state index in [0.717, 1.165) is 5.56 Å². The minimum absolute atomic E-state index is 0.130. The summed E-state index contributed by atoms with van der Waals surface area (Å²) >= 11 is 0. The standard InChI is InChI=1S/C14H16N2O2/c1-3-12-13(10(2)16-18-12)14(17)15-9-11-7-5-4-6-8-11/h4-8H,3,9H2,1-2H3,(H,15,17). The van der Waals surface area contributed by atoms with E-state index >= 15 is 0 Å². The maximum atomic E-state index is 12.1. The van der Waals surface area contributed by atoms with Crippen LogP contribution in [-0.4, -0.2) is 11.1 Å². The van der Waals surface area contributed by atoms with Crippen LogP contribution in [0.5, 0.6) is 0 Å². The highest BCUT2D eigenvalue weighted by Crippen LogP contribution is 2.14. The van der Waals surface area contributed by atoms with E-state index in [1.54, 1.807) is 6.92 Å². The topological polar surface area (TPSA) is 55.1 Å². The number of carbonyl (C=O) groups excluding carboxylic acids is 1. The Balaban J connectivity index is 2.06. The number of amides is 1. The molecule has 4 nitrogen and oxygen atoms in total. The predicted octanol–water partition coefficient (Wildman–Crippen LogP) is 2.48. The van der Waals surface area contributed by atoms with E-state index in [1.807, 2.05) is 37.3 Å². The number of nitrogens with zero attached hydrogens (tertiary/aromatic N) is 1. The zero-order chi connectivity index (χ0) is 13.0. The molecule has 2 aromatic rings. The molecule has 94 valence electrons. The highest BCUT2D eigenvalue weighted by molar-refractivity contribution is 5.96. The van der Waals surface area contributed by atoms with Gasteiger partial charge in [0.05, 0.1) is 5.69 Å². The molecule has 1 amide bonds. The van der Waals surface area contributed by atoms with E-state index in [1.165, 1.54) is 0 Å². The van der Waals surface area contributed by atoms with Crippen molar-refractivity contribution in [1.82, 2.24) is 10.5 Å². The number of hydrogen-bond acceptors (Lipinski definition) is 3. The highest BCUT2D eigenvalue weighted by Gasteiger charge is 2.18. The number of hydrogen-bond donors (Lipinski definition) is 1. The summed E-state index contributed by atoms with van der Waals surface area (Å²) in [6.07, 6.45) is 0.662. The monoisotopic (exact) mass is 244 g/mol. The lowest BCUT2D eigenvalue weighted by Gasteiger charge is -2.05. The zero-order valence-corrected chi connectivity index (χ0v) is 10.6. The molecule has 0 unspecified atom stereocenters. The molecule has 0 aliphatic rings. The number of aryl methyl sites for hydroxylation is 2. The Labute approximate surface area is 106 Å². The smallest absolute Gasteiger partial charge is 0.257 e. The van der Waals surface area contributed by atoms with Crippen LogP contribution in [0.3, 0.4) is 0 Å². The summed E-state index contributed by atoms with van der Waals surface area (Å²) < 4.78 is 5.11. The van der Waals surface area contributed by atoms with Gasteiger partial charge in [0.15, 0.2) is 0 Å². The summed E-state index contributed by atoms with van der Waals surface area (Å²) in [5.74, 6) is 0.507. The van der Waals surface area contributed by atoms with Gasteiger partial charge in [0.1, 0.15) is 11.3 Å². The summed E-state index contributed by atoms with van der Waals surface area (Å²) in [6, 6.07) is 9.79. The van der Waals surface area contributed by atoms with Crippen molar-refractivity contribution >= 4 is 5.91 Å². The number of benzene rings is 1. The van der Waals surface area contributed by atoms with Gasteiger partial charge in [-0.15, -0.1) is 0 Å². The molecule has 4 heteroatoms. The van der Waals surface area contributed by atoms with Crippen LogP contribution < -0.4 is 5.32 Å². The Kier molecular flexibility index (Phi) is 3.77. The quantitative estimate of drug-likeness (QED) is 0.898. The van der Waals surface area contributed by atoms with Crippen molar-refractivity contribution in [3.63, 3.8) is 0 Å². The Morgan fingerprint density at radius 1 is 1.33 bits per heavy atom. The van der Waals surface area contributed by atoms with E-state index < -0.39 is 0 Å². The summed E-state index contributed by atoms with van der Waals surface area (Å²) in [5, 5.41) is 6.71. The fraction of sp³-hybridized carbons (Fsp3) is 0.286. The van der Waals surface area contributed by atoms with Crippen molar-refractivity contribution in [3.8, 4) is 0 Å². The maximum absolute atomic E-state index is 12.1. The van der Waals surface area contributed by atoms with Gasteiger partial charge in [0.2, 0.25) is 0 Å². The second kappa shape index (κ2) is 5.49. The van der Waals surface area contributed by atoms with Crippen molar-refractivity contribution in [2.45, 2.75) is 26.8 Å².